The number of carbonyl (C=O) groups is 2. The maximum Gasteiger partial charge on any atom is 0.305 e. The predicted molar refractivity (Wildman–Crippen MR) is 74.7 cm³/mol. The fraction of sp³-hybridized carbons (Fsp3) is 0.867. The van der Waals surface area contributed by atoms with Gasteiger partial charge < -0.3 is 9.47 Å². The summed E-state index contributed by atoms with van der Waals surface area (Å²) in [5.41, 5.74) is 0. The summed E-state index contributed by atoms with van der Waals surface area (Å²) < 4.78 is 10.2. The zero-order valence-electron chi connectivity index (χ0n) is 12.6. The minimum absolute atomic E-state index is 0.215. The Morgan fingerprint density at radius 3 is 2.00 bits per heavy atom. The molecule has 0 N–H and O–H groups in total. The van der Waals surface area contributed by atoms with Gasteiger partial charge >= 0.3 is 11.9 Å². The van der Waals surface area contributed by atoms with Crippen molar-refractivity contribution in [3.8, 4) is 0 Å². The van der Waals surface area contributed by atoms with Crippen LogP contribution in [0, 0.1) is 5.92 Å². The molecule has 0 spiro atoms. The van der Waals surface area contributed by atoms with E-state index in [1.807, 2.05) is 6.92 Å². The van der Waals surface area contributed by atoms with Crippen LogP contribution in [0.1, 0.15) is 65.7 Å². The first kappa shape index (κ1) is 17.9. The highest BCUT2D eigenvalue weighted by Gasteiger charge is 2.10. The Bertz CT molecular complexity index is 247. The van der Waals surface area contributed by atoms with Crippen LogP contribution in [0.4, 0.5) is 0 Å². The minimum atomic E-state index is -0.221. The Labute approximate surface area is 116 Å². The standard InChI is InChI=1S/C15H28O4/c1-4-7-11-18-14(16)9-8-10-15(17)19-12-13(5-2)6-3/h13H,4-12H2,1-3H3. The highest BCUT2D eigenvalue weighted by molar-refractivity contribution is 5.72. The molecule has 0 aliphatic carbocycles. The summed E-state index contributed by atoms with van der Waals surface area (Å²) in [5.74, 6) is 0.0115. The molecule has 0 atom stereocenters. The van der Waals surface area contributed by atoms with E-state index in [1.165, 1.54) is 0 Å². The third-order valence-corrected chi connectivity index (χ3v) is 3.16. The fourth-order valence-corrected chi connectivity index (χ4v) is 1.59. The molecular formula is C15H28O4. The molecule has 4 nitrogen and oxygen atoms in total. The zero-order valence-corrected chi connectivity index (χ0v) is 12.6. The Kier molecular flexibility index (Phi) is 11.3. The third-order valence-electron chi connectivity index (χ3n) is 3.16. The number of esters is 2. The Hall–Kier alpha value is -1.06. The molecule has 0 aromatic carbocycles. The van der Waals surface area contributed by atoms with Crippen molar-refractivity contribution >= 4 is 11.9 Å². The molecule has 0 aliphatic rings. The molecule has 0 aliphatic heterocycles. The Morgan fingerprint density at radius 1 is 0.895 bits per heavy atom. The highest BCUT2D eigenvalue weighted by atomic mass is 16.5. The Morgan fingerprint density at radius 2 is 1.47 bits per heavy atom. The lowest BCUT2D eigenvalue weighted by Crippen LogP contribution is -2.13. The number of rotatable bonds is 11. The van der Waals surface area contributed by atoms with Crippen molar-refractivity contribution in [2.75, 3.05) is 13.2 Å². The summed E-state index contributed by atoms with van der Waals surface area (Å²) in [6, 6.07) is 0. The molecule has 0 saturated heterocycles. The normalized spacial score (nSPS) is 10.5. The summed E-state index contributed by atoms with van der Waals surface area (Å²) in [6.45, 7) is 7.20. The first-order valence-corrected chi connectivity index (χ1v) is 7.45. The second kappa shape index (κ2) is 12.0. The van der Waals surface area contributed by atoms with Crippen molar-refractivity contribution in [1.29, 1.82) is 0 Å². The second-order valence-electron chi connectivity index (χ2n) is 4.79. The van der Waals surface area contributed by atoms with Crippen molar-refractivity contribution in [2.45, 2.75) is 65.7 Å². The topological polar surface area (TPSA) is 52.6 Å². The van der Waals surface area contributed by atoms with E-state index in [-0.39, 0.29) is 11.9 Å². The zero-order chi connectivity index (χ0) is 14.5. The molecule has 112 valence electrons. The smallest absolute Gasteiger partial charge is 0.305 e. The fourth-order valence-electron chi connectivity index (χ4n) is 1.59. The minimum Gasteiger partial charge on any atom is -0.466 e. The quantitative estimate of drug-likeness (QED) is 0.427. The average Bonchev–Trinajstić information content (AvgIpc) is 2.40. The molecule has 4 heteroatoms. The molecule has 0 radical (unpaired) electrons. The van der Waals surface area contributed by atoms with Gasteiger partial charge in [-0.25, -0.2) is 0 Å². The van der Waals surface area contributed by atoms with Gasteiger partial charge in [-0.05, 0) is 18.8 Å². The maximum atomic E-state index is 11.4. The van der Waals surface area contributed by atoms with Crippen molar-refractivity contribution < 1.29 is 19.1 Å². The van der Waals surface area contributed by atoms with Crippen LogP contribution in [0.3, 0.4) is 0 Å². The largest absolute Gasteiger partial charge is 0.466 e. The van der Waals surface area contributed by atoms with Gasteiger partial charge in [-0.15, -0.1) is 0 Å². The summed E-state index contributed by atoms with van der Waals surface area (Å²) in [6.07, 6.45) is 5.04. The molecule has 0 heterocycles. The maximum absolute atomic E-state index is 11.4. The monoisotopic (exact) mass is 272 g/mol. The van der Waals surface area contributed by atoms with Crippen LogP contribution in [-0.2, 0) is 19.1 Å². The Balaban J connectivity index is 3.54. The number of hydrogen-bond donors (Lipinski definition) is 0. The van der Waals surface area contributed by atoms with Gasteiger partial charge in [0.25, 0.3) is 0 Å². The third kappa shape index (κ3) is 10.5. The van der Waals surface area contributed by atoms with Crippen LogP contribution in [0.2, 0.25) is 0 Å². The van der Waals surface area contributed by atoms with Crippen LogP contribution in [0.5, 0.6) is 0 Å². The van der Waals surface area contributed by atoms with Gasteiger partial charge in [-0.3, -0.25) is 9.59 Å². The van der Waals surface area contributed by atoms with Crippen LogP contribution in [0.25, 0.3) is 0 Å². The average molecular weight is 272 g/mol. The molecular weight excluding hydrogens is 244 g/mol. The predicted octanol–water partition coefficient (Wildman–Crippen LogP) is 3.48. The lowest BCUT2D eigenvalue weighted by Gasteiger charge is -2.12. The molecule has 0 amide bonds. The van der Waals surface area contributed by atoms with Crippen molar-refractivity contribution in [3.05, 3.63) is 0 Å². The second-order valence-corrected chi connectivity index (χ2v) is 4.79. The van der Waals surface area contributed by atoms with Crippen molar-refractivity contribution in [3.63, 3.8) is 0 Å². The number of ether oxygens (including phenoxy) is 2. The SMILES string of the molecule is CCCCOC(=O)CCCC(=O)OCC(CC)CC. The van der Waals surface area contributed by atoms with Crippen LogP contribution in [0.15, 0.2) is 0 Å². The van der Waals surface area contributed by atoms with E-state index in [2.05, 4.69) is 13.8 Å². The first-order chi connectivity index (χ1) is 9.13. The van der Waals surface area contributed by atoms with E-state index >= 15 is 0 Å². The van der Waals surface area contributed by atoms with Crippen molar-refractivity contribution in [2.24, 2.45) is 5.92 Å². The van der Waals surface area contributed by atoms with Gasteiger partial charge in [0, 0.05) is 12.8 Å². The van der Waals surface area contributed by atoms with E-state index in [0.717, 1.165) is 25.7 Å². The molecule has 0 rings (SSSR count). The molecule has 0 fully saturated rings. The van der Waals surface area contributed by atoms with Gasteiger partial charge in [0.2, 0.25) is 0 Å². The summed E-state index contributed by atoms with van der Waals surface area (Å²) in [5, 5.41) is 0. The summed E-state index contributed by atoms with van der Waals surface area (Å²) >= 11 is 0. The van der Waals surface area contributed by atoms with E-state index in [0.29, 0.717) is 38.4 Å². The number of hydrogen-bond acceptors (Lipinski definition) is 4. The molecule has 0 aromatic rings. The molecule has 0 unspecified atom stereocenters. The number of unbranched alkanes of at least 4 members (excludes halogenated alkanes) is 1. The molecule has 0 saturated carbocycles. The lowest BCUT2D eigenvalue weighted by molar-refractivity contribution is -0.146. The summed E-state index contributed by atoms with van der Waals surface area (Å²) in [7, 11) is 0. The first-order valence-electron chi connectivity index (χ1n) is 7.45. The lowest BCUT2D eigenvalue weighted by atomic mass is 10.1. The van der Waals surface area contributed by atoms with Gasteiger partial charge in [0.15, 0.2) is 0 Å². The van der Waals surface area contributed by atoms with E-state index in [4.69, 9.17) is 9.47 Å². The van der Waals surface area contributed by atoms with E-state index in [1.54, 1.807) is 0 Å². The molecule has 0 aromatic heterocycles. The van der Waals surface area contributed by atoms with Gasteiger partial charge in [0.1, 0.15) is 0 Å². The van der Waals surface area contributed by atoms with Crippen LogP contribution in [-0.4, -0.2) is 25.2 Å². The van der Waals surface area contributed by atoms with E-state index < -0.39 is 0 Å². The summed E-state index contributed by atoms with van der Waals surface area (Å²) in [4.78, 5) is 22.7. The van der Waals surface area contributed by atoms with Crippen LogP contribution < -0.4 is 0 Å². The highest BCUT2D eigenvalue weighted by Crippen LogP contribution is 2.09. The van der Waals surface area contributed by atoms with E-state index in [9.17, 15) is 9.59 Å². The van der Waals surface area contributed by atoms with Gasteiger partial charge in [-0.2, -0.15) is 0 Å². The number of carbonyl (C=O) groups excluding carboxylic acids is 2. The molecule has 0 bridgehead atoms. The van der Waals surface area contributed by atoms with Crippen molar-refractivity contribution in [1.82, 2.24) is 0 Å². The van der Waals surface area contributed by atoms with Gasteiger partial charge in [-0.1, -0.05) is 40.0 Å². The molecule has 19 heavy (non-hydrogen) atoms. The van der Waals surface area contributed by atoms with Crippen LogP contribution >= 0.6 is 0 Å². The van der Waals surface area contributed by atoms with Gasteiger partial charge in [0.05, 0.1) is 13.2 Å².